The van der Waals surface area contributed by atoms with Gasteiger partial charge < -0.3 is 4.90 Å². The molecule has 1 aliphatic carbocycles. The van der Waals surface area contributed by atoms with Crippen LogP contribution < -0.4 is 4.90 Å². The van der Waals surface area contributed by atoms with Gasteiger partial charge >= 0.3 is 0 Å². The number of hydrogen-bond donors (Lipinski definition) is 0. The van der Waals surface area contributed by atoms with Gasteiger partial charge in [-0.05, 0) is 109 Å². The van der Waals surface area contributed by atoms with Crippen LogP contribution in [0.3, 0.4) is 0 Å². The second kappa shape index (κ2) is 7.38. The molecule has 0 aliphatic heterocycles. The van der Waals surface area contributed by atoms with E-state index in [0.717, 1.165) is 0 Å². The van der Waals surface area contributed by atoms with Crippen molar-refractivity contribution in [2.24, 2.45) is 0 Å². The van der Waals surface area contributed by atoms with Crippen molar-refractivity contribution in [1.82, 2.24) is 0 Å². The number of aryl methyl sites for hydroxylation is 4. The molecule has 0 saturated heterocycles. The quantitative estimate of drug-likeness (QED) is 0.322. The standard InChI is InChI=1S/C31H31N/c1-20-13-21(2)16-25(15-20)32(26-17-22(3)14-23(4)18-26)24-11-12-28-27-9-7-8-10-29(27)31(5,6)30(28)19-24/h7-19H,1-6H3. The van der Waals surface area contributed by atoms with E-state index < -0.39 is 0 Å². The summed E-state index contributed by atoms with van der Waals surface area (Å²) in [6.07, 6.45) is 0. The SMILES string of the molecule is Cc1cc(C)cc(N(c2cc(C)cc(C)c2)c2ccc3c(c2)C(C)(C)c2ccccc2-3)c1. The van der Waals surface area contributed by atoms with Crippen molar-refractivity contribution >= 4 is 17.1 Å². The fraction of sp³-hybridized carbons (Fsp3) is 0.226. The highest BCUT2D eigenvalue weighted by Crippen LogP contribution is 2.50. The lowest BCUT2D eigenvalue weighted by molar-refractivity contribution is 0.660. The van der Waals surface area contributed by atoms with E-state index in [1.165, 1.54) is 61.6 Å². The lowest BCUT2D eigenvalue weighted by Crippen LogP contribution is -2.16. The third-order valence-electron chi connectivity index (χ3n) is 6.75. The van der Waals surface area contributed by atoms with Crippen molar-refractivity contribution in [3.63, 3.8) is 0 Å². The zero-order valence-electron chi connectivity index (χ0n) is 20.0. The molecule has 0 fully saturated rings. The summed E-state index contributed by atoms with van der Waals surface area (Å²) in [5.74, 6) is 0. The zero-order valence-corrected chi connectivity index (χ0v) is 20.0. The largest absolute Gasteiger partial charge is 0.310 e. The Balaban J connectivity index is 1.74. The van der Waals surface area contributed by atoms with Crippen molar-refractivity contribution in [1.29, 1.82) is 0 Å². The minimum atomic E-state index is -0.0152. The first kappa shape index (κ1) is 20.6. The van der Waals surface area contributed by atoms with E-state index in [4.69, 9.17) is 0 Å². The van der Waals surface area contributed by atoms with Crippen LogP contribution in [0.1, 0.15) is 47.2 Å². The molecule has 1 nitrogen and oxygen atoms in total. The van der Waals surface area contributed by atoms with Gasteiger partial charge in [0.15, 0.2) is 0 Å². The molecule has 4 aromatic carbocycles. The van der Waals surface area contributed by atoms with Crippen molar-refractivity contribution in [3.8, 4) is 11.1 Å². The van der Waals surface area contributed by atoms with Crippen molar-refractivity contribution < 1.29 is 0 Å². The van der Waals surface area contributed by atoms with Crippen LogP contribution in [0.5, 0.6) is 0 Å². The molecule has 0 bridgehead atoms. The highest BCUT2D eigenvalue weighted by atomic mass is 15.1. The third kappa shape index (κ3) is 3.33. The summed E-state index contributed by atoms with van der Waals surface area (Å²) in [5.41, 5.74) is 14.3. The van der Waals surface area contributed by atoms with Crippen LogP contribution in [0, 0.1) is 27.7 Å². The molecule has 0 amide bonds. The average molecular weight is 418 g/mol. The molecule has 1 heteroatoms. The molecular weight excluding hydrogens is 386 g/mol. The number of nitrogens with zero attached hydrogens (tertiary/aromatic N) is 1. The Morgan fingerprint density at radius 3 is 1.56 bits per heavy atom. The van der Waals surface area contributed by atoms with Gasteiger partial charge in [0, 0.05) is 22.5 Å². The molecule has 0 spiro atoms. The second-order valence-electron chi connectivity index (χ2n) is 9.93. The lowest BCUT2D eigenvalue weighted by Gasteiger charge is -2.29. The molecule has 0 radical (unpaired) electrons. The highest BCUT2D eigenvalue weighted by Gasteiger charge is 2.35. The fourth-order valence-corrected chi connectivity index (χ4v) is 5.44. The Morgan fingerprint density at radius 2 is 1.00 bits per heavy atom. The van der Waals surface area contributed by atoms with Gasteiger partial charge in [-0.1, -0.05) is 56.3 Å². The molecule has 0 atom stereocenters. The van der Waals surface area contributed by atoms with Gasteiger partial charge in [0.2, 0.25) is 0 Å². The van der Waals surface area contributed by atoms with Crippen molar-refractivity contribution in [2.75, 3.05) is 4.90 Å². The first-order valence-electron chi connectivity index (χ1n) is 11.5. The van der Waals surface area contributed by atoms with Gasteiger partial charge in [-0.3, -0.25) is 0 Å². The summed E-state index contributed by atoms with van der Waals surface area (Å²) < 4.78 is 0. The van der Waals surface area contributed by atoms with Crippen LogP contribution in [0.2, 0.25) is 0 Å². The first-order chi connectivity index (χ1) is 15.2. The maximum absolute atomic E-state index is 2.42. The summed E-state index contributed by atoms with van der Waals surface area (Å²) in [6.45, 7) is 13.4. The van der Waals surface area contributed by atoms with E-state index in [-0.39, 0.29) is 5.41 Å². The van der Waals surface area contributed by atoms with Gasteiger partial charge in [-0.15, -0.1) is 0 Å². The number of hydrogen-bond acceptors (Lipinski definition) is 1. The van der Waals surface area contributed by atoms with E-state index in [2.05, 4.69) is 125 Å². The van der Waals surface area contributed by atoms with Crippen molar-refractivity contribution in [2.45, 2.75) is 47.0 Å². The van der Waals surface area contributed by atoms with Crippen LogP contribution in [0.4, 0.5) is 17.1 Å². The van der Waals surface area contributed by atoms with Crippen LogP contribution in [0.15, 0.2) is 78.9 Å². The summed E-state index contributed by atoms with van der Waals surface area (Å²) in [6, 6.07) is 29.5. The summed E-state index contributed by atoms with van der Waals surface area (Å²) >= 11 is 0. The topological polar surface area (TPSA) is 3.24 Å². The number of anilines is 3. The highest BCUT2D eigenvalue weighted by molar-refractivity contribution is 5.85. The molecule has 1 aliphatic rings. The van der Waals surface area contributed by atoms with E-state index in [0.29, 0.717) is 0 Å². The van der Waals surface area contributed by atoms with E-state index in [1.54, 1.807) is 0 Å². The van der Waals surface area contributed by atoms with Crippen LogP contribution >= 0.6 is 0 Å². The Hall–Kier alpha value is -3.32. The maximum atomic E-state index is 2.42. The van der Waals surface area contributed by atoms with Crippen LogP contribution in [-0.2, 0) is 5.41 Å². The Kier molecular flexibility index (Phi) is 4.74. The molecule has 160 valence electrons. The zero-order chi connectivity index (χ0) is 22.6. The smallest absolute Gasteiger partial charge is 0.0466 e. The van der Waals surface area contributed by atoms with E-state index >= 15 is 0 Å². The van der Waals surface area contributed by atoms with Crippen LogP contribution in [0.25, 0.3) is 11.1 Å². The Labute approximate surface area is 192 Å². The van der Waals surface area contributed by atoms with E-state index in [9.17, 15) is 0 Å². The molecule has 4 aromatic rings. The van der Waals surface area contributed by atoms with Crippen LogP contribution in [-0.4, -0.2) is 0 Å². The molecule has 32 heavy (non-hydrogen) atoms. The fourth-order valence-electron chi connectivity index (χ4n) is 5.44. The molecule has 5 rings (SSSR count). The van der Waals surface area contributed by atoms with Gasteiger partial charge in [0.05, 0.1) is 0 Å². The minimum Gasteiger partial charge on any atom is -0.310 e. The lowest BCUT2D eigenvalue weighted by atomic mass is 9.82. The van der Waals surface area contributed by atoms with Gasteiger partial charge in [-0.25, -0.2) is 0 Å². The number of benzene rings is 4. The molecular formula is C31H31N. The summed E-state index contributed by atoms with van der Waals surface area (Å²) in [4.78, 5) is 2.42. The predicted octanol–water partition coefficient (Wildman–Crippen LogP) is 8.70. The van der Waals surface area contributed by atoms with Crippen molar-refractivity contribution in [3.05, 3.63) is 112 Å². The average Bonchev–Trinajstić information content (AvgIpc) is 2.94. The molecule has 0 aromatic heterocycles. The minimum absolute atomic E-state index is 0.0152. The van der Waals surface area contributed by atoms with Gasteiger partial charge in [-0.2, -0.15) is 0 Å². The number of fused-ring (bicyclic) bond motifs is 3. The van der Waals surface area contributed by atoms with E-state index in [1.807, 2.05) is 0 Å². The normalized spacial score (nSPS) is 13.6. The monoisotopic (exact) mass is 417 g/mol. The maximum Gasteiger partial charge on any atom is 0.0466 e. The first-order valence-corrected chi connectivity index (χ1v) is 11.5. The Morgan fingerprint density at radius 1 is 0.500 bits per heavy atom. The molecule has 0 unspecified atom stereocenters. The van der Waals surface area contributed by atoms with Gasteiger partial charge in [0.1, 0.15) is 0 Å². The van der Waals surface area contributed by atoms with Gasteiger partial charge in [0.25, 0.3) is 0 Å². The molecule has 0 saturated carbocycles. The second-order valence-corrected chi connectivity index (χ2v) is 9.93. The third-order valence-corrected chi connectivity index (χ3v) is 6.75. The molecule has 0 N–H and O–H groups in total. The predicted molar refractivity (Wildman–Crippen MR) is 138 cm³/mol. The summed E-state index contributed by atoms with van der Waals surface area (Å²) in [5, 5.41) is 0. The molecule has 0 heterocycles. The Bertz CT molecular complexity index is 1250. The number of rotatable bonds is 3. The summed E-state index contributed by atoms with van der Waals surface area (Å²) in [7, 11) is 0.